The molecule has 1 fully saturated rings. The van der Waals surface area contributed by atoms with E-state index in [2.05, 4.69) is 18.3 Å². The third-order valence-corrected chi connectivity index (χ3v) is 4.04. The van der Waals surface area contributed by atoms with Crippen LogP contribution in [0.2, 0.25) is 0 Å². The van der Waals surface area contributed by atoms with E-state index in [0.29, 0.717) is 0 Å². The largest absolute Gasteiger partial charge is 0.490 e. The molecule has 1 amide bonds. The molecule has 0 unspecified atom stereocenters. The van der Waals surface area contributed by atoms with Crippen LogP contribution in [0.25, 0.3) is 0 Å². The van der Waals surface area contributed by atoms with Gasteiger partial charge in [-0.05, 0) is 37.5 Å². The summed E-state index contributed by atoms with van der Waals surface area (Å²) in [5.74, 6) is 0.888. The maximum Gasteiger partial charge on any atom is 0.258 e. The van der Waals surface area contributed by atoms with E-state index in [4.69, 9.17) is 4.74 Å². The number of aryl methyl sites for hydroxylation is 1. The highest BCUT2D eigenvalue weighted by molar-refractivity contribution is 6.02. The molecule has 1 atom stereocenters. The number of amides is 1. The Kier molecular flexibility index (Phi) is 3.42. The molecule has 3 rings (SSSR count). The zero-order valence-corrected chi connectivity index (χ0v) is 12.4. The lowest BCUT2D eigenvalue weighted by atomic mass is 9.98. The van der Waals surface area contributed by atoms with E-state index in [-0.39, 0.29) is 18.1 Å². The monoisotopic (exact) mass is 274 g/mol. The van der Waals surface area contributed by atoms with Crippen molar-refractivity contribution in [2.24, 2.45) is 0 Å². The summed E-state index contributed by atoms with van der Waals surface area (Å²) in [4.78, 5) is 14.6. The van der Waals surface area contributed by atoms with Crippen LogP contribution >= 0.6 is 0 Å². The topological polar surface area (TPSA) is 41.6 Å². The molecule has 4 nitrogen and oxygen atoms in total. The molecule has 1 N–H and O–H groups in total. The Bertz CT molecular complexity index is 540. The summed E-state index contributed by atoms with van der Waals surface area (Å²) in [7, 11) is 0. The second-order valence-corrected chi connectivity index (χ2v) is 5.80. The van der Waals surface area contributed by atoms with Gasteiger partial charge < -0.3 is 15.0 Å². The molecule has 0 saturated carbocycles. The Balaban J connectivity index is 2.10. The van der Waals surface area contributed by atoms with Gasteiger partial charge in [0.15, 0.2) is 0 Å². The average molecular weight is 274 g/mol. The van der Waals surface area contributed by atoms with Crippen LogP contribution in [-0.4, -0.2) is 36.5 Å². The van der Waals surface area contributed by atoms with Gasteiger partial charge in [-0.3, -0.25) is 4.79 Å². The number of carbonyl (C=O) groups excluding carboxylic acids is 1. The number of carbonyl (C=O) groups is 1. The molecule has 0 aliphatic carbocycles. The molecule has 1 saturated heterocycles. The standard InChI is InChI=1S/C16H22N2O2/c1-4-11-7-12-13-9-17-5-6-18(13)16(19)15(12)14(8-11)20-10(2)3/h7-8,10,13,17H,4-6,9H2,1-3H3/t13-/m1/s1. The van der Waals surface area contributed by atoms with Gasteiger partial charge in [-0.1, -0.05) is 13.0 Å². The third kappa shape index (κ3) is 2.08. The number of rotatable bonds is 3. The second kappa shape index (κ2) is 5.09. The minimum absolute atomic E-state index is 0.0785. The average Bonchev–Trinajstić information content (AvgIpc) is 2.72. The molecule has 4 heteroatoms. The Labute approximate surface area is 120 Å². The lowest BCUT2D eigenvalue weighted by Gasteiger charge is -2.30. The van der Waals surface area contributed by atoms with E-state index in [1.807, 2.05) is 24.8 Å². The highest BCUT2D eigenvalue weighted by Crippen LogP contribution is 2.40. The molecule has 2 aliphatic heterocycles. The fourth-order valence-electron chi connectivity index (χ4n) is 3.11. The van der Waals surface area contributed by atoms with Crippen molar-refractivity contribution in [2.45, 2.75) is 39.3 Å². The smallest absolute Gasteiger partial charge is 0.258 e. The van der Waals surface area contributed by atoms with Crippen LogP contribution in [0.5, 0.6) is 5.75 Å². The first-order valence-electron chi connectivity index (χ1n) is 7.47. The van der Waals surface area contributed by atoms with Gasteiger partial charge in [-0.15, -0.1) is 0 Å². The van der Waals surface area contributed by atoms with Gasteiger partial charge in [0.1, 0.15) is 5.75 Å². The van der Waals surface area contributed by atoms with Crippen molar-refractivity contribution in [3.8, 4) is 5.75 Å². The van der Waals surface area contributed by atoms with Crippen LogP contribution < -0.4 is 10.1 Å². The van der Waals surface area contributed by atoms with Gasteiger partial charge in [0.25, 0.3) is 5.91 Å². The Hall–Kier alpha value is -1.55. The van der Waals surface area contributed by atoms with Crippen molar-refractivity contribution >= 4 is 5.91 Å². The first kappa shape index (κ1) is 13.4. The molecule has 20 heavy (non-hydrogen) atoms. The van der Waals surface area contributed by atoms with Crippen molar-refractivity contribution < 1.29 is 9.53 Å². The fraction of sp³-hybridized carbons (Fsp3) is 0.562. The van der Waals surface area contributed by atoms with Crippen molar-refractivity contribution in [3.05, 3.63) is 28.8 Å². The first-order valence-corrected chi connectivity index (χ1v) is 7.47. The molecule has 0 radical (unpaired) electrons. The summed E-state index contributed by atoms with van der Waals surface area (Å²) in [5.41, 5.74) is 3.15. The normalized spacial score (nSPS) is 21.1. The van der Waals surface area contributed by atoms with Crippen LogP contribution in [0, 0.1) is 0 Å². The molecule has 0 aromatic heterocycles. The van der Waals surface area contributed by atoms with Gasteiger partial charge in [0.2, 0.25) is 0 Å². The third-order valence-electron chi connectivity index (χ3n) is 4.04. The number of benzene rings is 1. The van der Waals surface area contributed by atoms with Crippen molar-refractivity contribution in [2.75, 3.05) is 19.6 Å². The van der Waals surface area contributed by atoms with Gasteiger partial charge in [0.05, 0.1) is 17.7 Å². The predicted octanol–water partition coefficient (Wildman–Crippen LogP) is 2.14. The number of nitrogens with zero attached hydrogens (tertiary/aromatic N) is 1. The quantitative estimate of drug-likeness (QED) is 0.918. The number of fused-ring (bicyclic) bond motifs is 3. The highest BCUT2D eigenvalue weighted by atomic mass is 16.5. The van der Waals surface area contributed by atoms with Crippen molar-refractivity contribution in [1.82, 2.24) is 10.2 Å². The minimum Gasteiger partial charge on any atom is -0.490 e. The zero-order valence-electron chi connectivity index (χ0n) is 12.4. The van der Waals surface area contributed by atoms with Crippen molar-refractivity contribution in [3.63, 3.8) is 0 Å². The Morgan fingerprint density at radius 1 is 1.45 bits per heavy atom. The summed E-state index contributed by atoms with van der Waals surface area (Å²) in [6, 6.07) is 4.38. The van der Waals surface area contributed by atoms with Crippen LogP contribution in [0.3, 0.4) is 0 Å². The lowest BCUT2D eigenvalue weighted by molar-refractivity contribution is 0.0687. The molecule has 1 aromatic rings. The zero-order chi connectivity index (χ0) is 14.3. The van der Waals surface area contributed by atoms with Gasteiger partial charge in [-0.25, -0.2) is 0 Å². The van der Waals surface area contributed by atoms with Crippen LogP contribution in [0.15, 0.2) is 12.1 Å². The Morgan fingerprint density at radius 3 is 2.95 bits per heavy atom. The minimum atomic E-state index is 0.0785. The summed E-state index contributed by atoms with van der Waals surface area (Å²) in [5, 5.41) is 3.38. The summed E-state index contributed by atoms with van der Waals surface area (Å²) in [6.07, 6.45) is 1.03. The predicted molar refractivity (Wildman–Crippen MR) is 78.2 cm³/mol. The van der Waals surface area contributed by atoms with Gasteiger partial charge >= 0.3 is 0 Å². The molecular weight excluding hydrogens is 252 g/mol. The summed E-state index contributed by atoms with van der Waals surface area (Å²) >= 11 is 0. The fourth-order valence-corrected chi connectivity index (χ4v) is 3.11. The van der Waals surface area contributed by atoms with Gasteiger partial charge in [0, 0.05) is 19.6 Å². The first-order chi connectivity index (χ1) is 9.61. The molecule has 0 spiro atoms. The SMILES string of the molecule is CCc1cc(OC(C)C)c2c(c1)[C@H]1CNCCN1C2=O. The summed E-state index contributed by atoms with van der Waals surface area (Å²) in [6.45, 7) is 8.62. The highest BCUT2D eigenvalue weighted by Gasteiger charge is 2.40. The van der Waals surface area contributed by atoms with E-state index >= 15 is 0 Å². The van der Waals surface area contributed by atoms with E-state index in [0.717, 1.165) is 42.9 Å². The number of hydrogen-bond acceptors (Lipinski definition) is 3. The molecule has 2 aliphatic rings. The number of nitrogens with one attached hydrogen (secondary N) is 1. The van der Waals surface area contributed by atoms with Crippen molar-refractivity contribution in [1.29, 1.82) is 0 Å². The molecule has 0 bridgehead atoms. The summed E-state index contributed by atoms with van der Waals surface area (Å²) < 4.78 is 5.91. The van der Waals surface area contributed by atoms with E-state index < -0.39 is 0 Å². The van der Waals surface area contributed by atoms with E-state index in [1.165, 1.54) is 5.56 Å². The maximum absolute atomic E-state index is 12.7. The molecular formula is C16H22N2O2. The van der Waals surface area contributed by atoms with Crippen LogP contribution in [0.4, 0.5) is 0 Å². The van der Waals surface area contributed by atoms with E-state index in [9.17, 15) is 4.79 Å². The number of hydrogen-bond donors (Lipinski definition) is 1. The molecule has 108 valence electrons. The second-order valence-electron chi connectivity index (χ2n) is 5.80. The van der Waals surface area contributed by atoms with Gasteiger partial charge in [-0.2, -0.15) is 0 Å². The maximum atomic E-state index is 12.7. The number of ether oxygens (including phenoxy) is 1. The van der Waals surface area contributed by atoms with Crippen LogP contribution in [-0.2, 0) is 6.42 Å². The molecule has 2 heterocycles. The van der Waals surface area contributed by atoms with E-state index in [1.54, 1.807) is 0 Å². The Morgan fingerprint density at radius 2 is 2.25 bits per heavy atom. The lowest BCUT2D eigenvalue weighted by Crippen LogP contribution is -2.44. The number of piperazine rings is 1. The molecule has 1 aromatic carbocycles. The van der Waals surface area contributed by atoms with Crippen LogP contribution in [0.1, 0.15) is 48.3 Å².